The molecule has 1 aromatic heterocycles. The first-order valence-corrected chi connectivity index (χ1v) is 5.34. The second-order valence-electron chi connectivity index (χ2n) is 3.31. The first kappa shape index (κ1) is 10.7. The van der Waals surface area contributed by atoms with Gasteiger partial charge in [0.1, 0.15) is 6.07 Å². The monoisotopic (exact) mass is 277 g/mol. The second-order valence-corrected chi connectivity index (χ2v) is 4.16. The molecule has 2 N–H and O–H groups in total. The SMILES string of the molecule is Cc1cc(-c2nc(C#N)c(N)o2)ccc1Br. The van der Waals surface area contributed by atoms with Crippen LogP contribution in [-0.4, -0.2) is 4.98 Å². The molecule has 0 radical (unpaired) electrons. The van der Waals surface area contributed by atoms with Gasteiger partial charge in [0.15, 0.2) is 0 Å². The number of nitrogens with two attached hydrogens (primary N) is 1. The zero-order valence-corrected chi connectivity index (χ0v) is 10.1. The van der Waals surface area contributed by atoms with Crippen molar-refractivity contribution in [3.05, 3.63) is 33.9 Å². The lowest BCUT2D eigenvalue weighted by atomic mass is 10.1. The fraction of sp³-hybridized carbons (Fsp3) is 0.0909. The van der Waals surface area contributed by atoms with Crippen LogP contribution >= 0.6 is 15.9 Å². The van der Waals surface area contributed by atoms with Crippen LogP contribution in [0.1, 0.15) is 11.3 Å². The lowest BCUT2D eigenvalue weighted by Crippen LogP contribution is -1.84. The average molecular weight is 278 g/mol. The number of aryl methyl sites for hydroxylation is 1. The number of nitrogens with zero attached hydrogens (tertiary/aromatic N) is 2. The van der Waals surface area contributed by atoms with Crippen LogP contribution in [0.25, 0.3) is 11.5 Å². The highest BCUT2D eigenvalue weighted by Gasteiger charge is 2.11. The van der Waals surface area contributed by atoms with E-state index in [4.69, 9.17) is 15.4 Å². The van der Waals surface area contributed by atoms with Crippen LogP contribution in [-0.2, 0) is 0 Å². The van der Waals surface area contributed by atoms with Crippen LogP contribution in [0.4, 0.5) is 5.88 Å². The van der Waals surface area contributed by atoms with Gasteiger partial charge in [-0.2, -0.15) is 10.2 Å². The Balaban J connectivity index is 2.51. The van der Waals surface area contributed by atoms with Crippen molar-refractivity contribution < 1.29 is 4.42 Å². The highest BCUT2D eigenvalue weighted by atomic mass is 79.9. The molecule has 0 aliphatic rings. The Morgan fingerprint density at radius 2 is 2.25 bits per heavy atom. The number of rotatable bonds is 1. The molecule has 2 rings (SSSR count). The van der Waals surface area contributed by atoms with Gasteiger partial charge in [-0.05, 0) is 30.7 Å². The Labute approximate surface area is 101 Å². The molecular weight excluding hydrogens is 270 g/mol. The van der Waals surface area contributed by atoms with Gasteiger partial charge < -0.3 is 10.2 Å². The summed E-state index contributed by atoms with van der Waals surface area (Å²) in [6.07, 6.45) is 0. The summed E-state index contributed by atoms with van der Waals surface area (Å²) in [5, 5.41) is 8.72. The lowest BCUT2D eigenvalue weighted by Gasteiger charge is -1.99. The van der Waals surface area contributed by atoms with E-state index in [-0.39, 0.29) is 11.6 Å². The zero-order valence-electron chi connectivity index (χ0n) is 8.49. The molecule has 0 saturated carbocycles. The summed E-state index contributed by atoms with van der Waals surface area (Å²) in [6.45, 7) is 1.96. The lowest BCUT2D eigenvalue weighted by molar-refractivity contribution is 0.593. The summed E-state index contributed by atoms with van der Waals surface area (Å²) in [7, 11) is 0. The largest absolute Gasteiger partial charge is 0.419 e. The minimum atomic E-state index is 0.0538. The quantitative estimate of drug-likeness (QED) is 0.870. The van der Waals surface area contributed by atoms with Gasteiger partial charge in [0, 0.05) is 10.0 Å². The highest BCUT2D eigenvalue weighted by molar-refractivity contribution is 9.10. The molecule has 0 aliphatic heterocycles. The van der Waals surface area contributed by atoms with Gasteiger partial charge in [-0.3, -0.25) is 0 Å². The Morgan fingerprint density at radius 3 is 2.81 bits per heavy atom. The molecule has 0 spiro atoms. The molecule has 0 bridgehead atoms. The van der Waals surface area contributed by atoms with Crippen molar-refractivity contribution in [3.63, 3.8) is 0 Å². The van der Waals surface area contributed by atoms with E-state index in [0.717, 1.165) is 15.6 Å². The third kappa shape index (κ3) is 1.79. The summed E-state index contributed by atoms with van der Waals surface area (Å²) in [4.78, 5) is 4.00. The van der Waals surface area contributed by atoms with Gasteiger partial charge in [-0.25, -0.2) is 0 Å². The van der Waals surface area contributed by atoms with Gasteiger partial charge in [0.2, 0.25) is 17.5 Å². The number of halogens is 1. The fourth-order valence-corrected chi connectivity index (χ4v) is 1.56. The van der Waals surface area contributed by atoms with E-state index in [9.17, 15) is 0 Å². The molecule has 2 aromatic rings. The number of anilines is 1. The zero-order chi connectivity index (χ0) is 11.7. The van der Waals surface area contributed by atoms with E-state index in [0.29, 0.717) is 5.89 Å². The smallest absolute Gasteiger partial charge is 0.230 e. The molecule has 80 valence electrons. The molecule has 1 heterocycles. The Kier molecular flexibility index (Phi) is 2.67. The number of hydrogen-bond acceptors (Lipinski definition) is 4. The summed E-state index contributed by atoms with van der Waals surface area (Å²) in [5.41, 5.74) is 7.48. The van der Waals surface area contributed by atoms with Gasteiger partial charge in [-0.15, -0.1) is 0 Å². The van der Waals surface area contributed by atoms with Gasteiger partial charge in [0.05, 0.1) is 0 Å². The predicted octanol–water partition coefficient (Wildman–Crippen LogP) is 2.87. The van der Waals surface area contributed by atoms with Gasteiger partial charge >= 0.3 is 0 Å². The van der Waals surface area contributed by atoms with Crippen molar-refractivity contribution in [3.8, 4) is 17.5 Å². The predicted molar refractivity (Wildman–Crippen MR) is 63.5 cm³/mol. The number of oxazole rings is 1. The minimum absolute atomic E-state index is 0.0538. The molecule has 0 fully saturated rings. The summed E-state index contributed by atoms with van der Waals surface area (Å²) in [5.74, 6) is 0.419. The van der Waals surface area contributed by atoms with Gasteiger partial charge in [0.25, 0.3) is 0 Å². The molecule has 0 aliphatic carbocycles. The molecule has 5 heteroatoms. The number of nitriles is 1. The Hall–Kier alpha value is -1.80. The number of hydrogen-bond donors (Lipinski definition) is 1. The molecule has 0 atom stereocenters. The van der Waals surface area contributed by atoms with E-state index in [2.05, 4.69) is 20.9 Å². The summed E-state index contributed by atoms with van der Waals surface area (Å²) in [6, 6.07) is 7.54. The highest BCUT2D eigenvalue weighted by Crippen LogP contribution is 2.26. The van der Waals surface area contributed by atoms with Crippen molar-refractivity contribution in [1.29, 1.82) is 5.26 Å². The van der Waals surface area contributed by atoms with Crippen LogP contribution in [0, 0.1) is 18.3 Å². The van der Waals surface area contributed by atoms with Crippen LogP contribution in [0.2, 0.25) is 0 Å². The third-order valence-electron chi connectivity index (χ3n) is 2.16. The first-order chi connectivity index (χ1) is 7.61. The van der Waals surface area contributed by atoms with Crippen molar-refractivity contribution in [2.24, 2.45) is 0 Å². The van der Waals surface area contributed by atoms with Crippen molar-refractivity contribution in [2.75, 3.05) is 5.73 Å². The van der Waals surface area contributed by atoms with E-state index in [1.165, 1.54) is 0 Å². The third-order valence-corrected chi connectivity index (χ3v) is 3.05. The van der Waals surface area contributed by atoms with Crippen LogP contribution in [0.3, 0.4) is 0 Å². The maximum Gasteiger partial charge on any atom is 0.230 e. The molecule has 0 saturated heterocycles. The minimum Gasteiger partial charge on any atom is -0.419 e. The molecule has 16 heavy (non-hydrogen) atoms. The van der Waals surface area contributed by atoms with Gasteiger partial charge in [-0.1, -0.05) is 15.9 Å². The molecule has 0 amide bonds. The van der Waals surface area contributed by atoms with Crippen LogP contribution in [0.5, 0.6) is 0 Å². The van der Waals surface area contributed by atoms with E-state index >= 15 is 0 Å². The summed E-state index contributed by atoms with van der Waals surface area (Å²) >= 11 is 3.41. The Morgan fingerprint density at radius 1 is 1.50 bits per heavy atom. The fourth-order valence-electron chi connectivity index (χ4n) is 1.31. The van der Waals surface area contributed by atoms with Crippen LogP contribution < -0.4 is 5.73 Å². The topological polar surface area (TPSA) is 75.8 Å². The number of aromatic nitrogens is 1. The maximum absolute atomic E-state index is 8.72. The van der Waals surface area contributed by atoms with E-state index < -0.39 is 0 Å². The van der Waals surface area contributed by atoms with Crippen molar-refractivity contribution in [1.82, 2.24) is 4.98 Å². The molecular formula is C11H8BrN3O. The average Bonchev–Trinajstić information content (AvgIpc) is 2.64. The van der Waals surface area contributed by atoms with E-state index in [1.54, 1.807) is 0 Å². The molecule has 1 aromatic carbocycles. The summed E-state index contributed by atoms with van der Waals surface area (Å²) < 4.78 is 6.23. The molecule has 4 nitrogen and oxygen atoms in total. The molecule has 0 unspecified atom stereocenters. The normalized spacial score (nSPS) is 10.1. The van der Waals surface area contributed by atoms with Crippen molar-refractivity contribution >= 4 is 21.8 Å². The first-order valence-electron chi connectivity index (χ1n) is 4.54. The number of benzene rings is 1. The van der Waals surface area contributed by atoms with E-state index in [1.807, 2.05) is 31.2 Å². The maximum atomic E-state index is 8.72. The second kappa shape index (κ2) is 3.99. The standard InChI is InChI=1S/C11H8BrN3O/c1-6-4-7(2-3-8(6)12)11-15-9(5-13)10(14)16-11/h2-4H,14H2,1H3. The van der Waals surface area contributed by atoms with Crippen LogP contribution in [0.15, 0.2) is 27.1 Å². The number of nitrogen functional groups attached to an aromatic ring is 1. The van der Waals surface area contributed by atoms with Crippen molar-refractivity contribution in [2.45, 2.75) is 6.92 Å². The Bertz CT molecular complexity index is 583.